The van der Waals surface area contributed by atoms with Gasteiger partial charge in [0.15, 0.2) is 0 Å². The smallest absolute Gasteiger partial charge is 0.350 e. The number of aliphatic hydroxyl groups excluding tert-OH is 1. The Morgan fingerprint density at radius 2 is 1.97 bits per heavy atom. The molecule has 1 aromatic heterocycles. The van der Waals surface area contributed by atoms with Crippen molar-refractivity contribution in [2.24, 2.45) is 0 Å². The van der Waals surface area contributed by atoms with Gasteiger partial charge in [-0.2, -0.15) is 4.98 Å². The van der Waals surface area contributed by atoms with Gasteiger partial charge in [0, 0.05) is 53.8 Å². The van der Waals surface area contributed by atoms with E-state index in [9.17, 15) is 9.90 Å². The Hall–Kier alpha value is -2.84. The van der Waals surface area contributed by atoms with Crippen molar-refractivity contribution < 1.29 is 5.11 Å². The third kappa shape index (κ3) is 3.73. The topological polar surface area (TPSA) is 61.6 Å². The monoisotopic (exact) mass is 518 g/mol. The number of piperazine rings is 1. The SMILES string of the molecule is C=CC(O)N1CCN(c2nc(=O)n3c4c(c(-c5cccc6ccccc56)c(Cl)cc24)SCC3)[C@@H](C)C1. The molecule has 1 N–H and O–H groups in total. The van der Waals surface area contributed by atoms with E-state index < -0.39 is 6.23 Å². The van der Waals surface area contributed by atoms with Gasteiger partial charge in [0.05, 0.1) is 10.5 Å². The van der Waals surface area contributed by atoms with E-state index in [0.29, 0.717) is 37.0 Å². The molecule has 3 aromatic carbocycles. The molecule has 0 spiro atoms. The van der Waals surface area contributed by atoms with Crippen molar-refractivity contribution >= 4 is 50.9 Å². The van der Waals surface area contributed by atoms with Crippen LogP contribution in [-0.2, 0) is 6.54 Å². The summed E-state index contributed by atoms with van der Waals surface area (Å²) in [5.41, 5.74) is 2.73. The van der Waals surface area contributed by atoms with Crippen molar-refractivity contribution in [3.63, 3.8) is 0 Å². The van der Waals surface area contributed by atoms with E-state index in [1.807, 2.05) is 23.1 Å². The molecule has 184 valence electrons. The number of aromatic nitrogens is 2. The van der Waals surface area contributed by atoms with Gasteiger partial charge in [-0.1, -0.05) is 60.6 Å². The van der Waals surface area contributed by atoms with Crippen molar-refractivity contribution in [1.29, 1.82) is 0 Å². The van der Waals surface area contributed by atoms with Crippen molar-refractivity contribution in [2.75, 3.05) is 30.3 Å². The summed E-state index contributed by atoms with van der Waals surface area (Å²) < 4.78 is 1.80. The van der Waals surface area contributed by atoms with Gasteiger partial charge in [-0.05, 0) is 35.4 Å². The first-order chi connectivity index (χ1) is 17.5. The van der Waals surface area contributed by atoms with Gasteiger partial charge in [-0.15, -0.1) is 11.8 Å². The van der Waals surface area contributed by atoms with E-state index in [2.05, 4.69) is 53.7 Å². The maximum absolute atomic E-state index is 13.3. The van der Waals surface area contributed by atoms with Gasteiger partial charge in [0.25, 0.3) is 0 Å². The molecule has 36 heavy (non-hydrogen) atoms. The molecule has 1 fully saturated rings. The van der Waals surface area contributed by atoms with Crippen molar-refractivity contribution in [2.45, 2.75) is 30.6 Å². The average molecular weight is 519 g/mol. The highest BCUT2D eigenvalue weighted by atomic mass is 35.5. The lowest BCUT2D eigenvalue weighted by Crippen LogP contribution is -2.55. The summed E-state index contributed by atoms with van der Waals surface area (Å²) in [5.74, 6) is 1.46. The lowest BCUT2D eigenvalue weighted by molar-refractivity contribution is 0.0296. The lowest BCUT2D eigenvalue weighted by Gasteiger charge is -2.42. The average Bonchev–Trinajstić information content (AvgIpc) is 2.90. The number of aliphatic hydroxyl groups is 1. The highest BCUT2D eigenvalue weighted by molar-refractivity contribution is 7.99. The number of rotatable bonds is 4. The predicted octanol–water partition coefficient (Wildman–Crippen LogP) is 4.99. The number of aryl methyl sites for hydroxylation is 1. The molecule has 0 radical (unpaired) electrons. The van der Waals surface area contributed by atoms with Crippen LogP contribution in [-0.4, -0.2) is 57.2 Å². The van der Waals surface area contributed by atoms with Crippen LogP contribution in [0.5, 0.6) is 0 Å². The molecule has 2 atom stereocenters. The predicted molar refractivity (Wildman–Crippen MR) is 149 cm³/mol. The number of nitrogens with zero attached hydrogens (tertiary/aromatic N) is 4. The number of fused-ring (bicyclic) bond motifs is 1. The molecule has 4 aromatic rings. The Kier molecular flexibility index (Phi) is 6.04. The fourth-order valence-electron chi connectivity index (χ4n) is 5.55. The molecule has 6 nitrogen and oxygen atoms in total. The molecule has 6 rings (SSSR count). The largest absolute Gasteiger partial charge is 0.375 e. The molecule has 1 saturated heterocycles. The van der Waals surface area contributed by atoms with E-state index in [1.54, 1.807) is 22.4 Å². The number of thioether (sulfide) groups is 1. The molecule has 0 saturated carbocycles. The molecule has 1 unspecified atom stereocenters. The number of benzene rings is 3. The van der Waals surface area contributed by atoms with E-state index >= 15 is 0 Å². The van der Waals surface area contributed by atoms with E-state index in [1.165, 1.54) is 0 Å². The Morgan fingerprint density at radius 3 is 2.78 bits per heavy atom. The number of hydrogen-bond acceptors (Lipinski definition) is 6. The summed E-state index contributed by atoms with van der Waals surface area (Å²) in [6, 6.07) is 16.6. The normalized spacial score (nSPS) is 19.1. The number of anilines is 1. The van der Waals surface area contributed by atoms with Crippen LogP contribution < -0.4 is 10.6 Å². The number of hydrogen-bond donors (Lipinski definition) is 1. The van der Waals surface area contributed by atoms with Crippen LogP contribution in [0.3, 0.4) is 0 Å². The highest BCUT2D eigenvalue weighted by Crippen LogP contribution is 2.47. The van der Waals surface area contributed by atoms with Crippen LogP contribution in [0.2, 0.25) is 5.02 Å². The quantitative estimate of drug-likeness (QED) is 0.384. The summed E-state index contributed by atoms with van der Waals surface area (Å²) in [5, 5.41) is 14.1. The van der Waals surface area contributed by atoms with Crippen LogP contribution in [0.1, 0.15) is 6.92 Å². The first-order valence-electron chi connectivity index (χ1n) is 12.2. The lowest BCUT2D eigenvalue weighted by atomic mass is 9.96. The Bertz CT molecular complexity index is 1560. The zero-order valence-corrected chi connectivity index (χ0v) is 21.6. The minimum Gasteiger partial charge on any atom is -0.375 e. The first-order valence-corrected chi connectivity index (χ1v) is 13.5. The summed E-state index contributed by atoms with van der Waals surface area (Å²) in [6.45, 7) is 8.35. The second-order valence-corrected chi connectivity index (χ2v) is 10.9. The molecule has 0 aliphatic carbocycles. The molecular weight excluding hydrogens is 492 g/mol. The van der Waals surface area contributed by atoms with Gasteiger partial charge < -0.3 is 10.0 Å². The van der Waals surface area contributed by atoms with Gasteiger partial charge >= 0.3 is 5.69 Å². The third-order valence-electron chi connectivity index (χ3n) is 7.29. The van der Waals surface area contributed by atoms with Crippen LogP contribution in [0.4, 0.5) is 5.82 Å². The van der Waals surface area contributed by atoms with Crippen molar-refractivity contribution in [1.82, 2.24) is 14.5 Å². The standard InChI is InChI=1S/C28H27ClN4O2S/c1-3-23(34)31-11-12-32(17(2)16-31)27-21-15-22(29)24(20-10-6-8-18-7-4-5-9-19(18)20)26-25(21)33(13-14-36-26)28(35)30-27/h3-10,15,17,23,34H,1,11-14,16H2,2H3/t17-,23?/m0/s1. The number of halogens is 1. The molecule has 0 amide bonds. The van der Waals surface area contributed by atoms with E-state index in [-0.39, 0.29) is 11.7 Å². The first kappa shape index (κ1) is 23.6. The van der Waals surface area contributed by atoms with Gasteiger partial charge in [0.2, 0.25) is 0 Å². The van der Waals surface area contributed by atoms with Crippen LogP contribution >= 0.6 is 23.4 Å². The summed E-state index contributed by atoms with van der Waals surface area (Å²) in [4.78, 5) is 23.1. The maximum atomic E-state index is 13.3. The van der Waals surface area contributed by atoms with Crippen LogP contribution in [0.25, 0.3) is 32.8 Å². The van der Waals surface area contributed by atoms with Gasteiger partial charge in [0.1, 0.15) is 12.0 Å². The maximum Gasteiger partial charge on any atom is 0.350 e. The van der Waals surface area contributed by atoms with Crippen LogP contribution in [0, 0.1) is 0 Å². The summed E-state index contributed by atoms with van der Waals surface area (Å²) >= 11 is 8.82. The molecule has 3 heterocycles. The fourth-order valence-corrected chi connectivity index (χ4v) is 7.11. The minimum atomic E-state index is -0.682. The van der Waals surface area contributed by atoms with E-state index in [0.717, 1.165) is 43.5 Å². The highest BCUT2D eigenvalue weighted by Gasteiger charge is 2.31. The Balaban J connectivity index is 1.57. The second-order valence-electron chi connectivity index (χ2n) is 9.39. The zero-order valence-electron chi connectivity index (χ0n) is 20.0. The molecule has 0 bridgehead atoms. The fraction of sp³-hybridized carbons (Fsp3) is 0.286. The minimum absolute atomic E-state index is 0.0508. The third-order valence-corrected chi connectivity index (χ3v) is 8.66. The Labute approximate surface area is 218 Å². The molecule has 2 aliphatic rings. The van der Waals surface area contributed by atoms with Gasteiger partial charge in [-0.3, -0.25) is 9.47 Å². The Morgan fingerprint density at radius 1 is 1.17 bits per heavy atom. The molecule has 8 heteroatoms. The summed E-state index contributed by atoms with van der Waals surface area (Å²) in [6.07, 6.45) is 0.861. The van der Waals surface area contributed by atoms with Crippen LogP contribution in [0.15, 0.2) is 70.9 Å². The zero-order chi connectivity index (χ0) is 25.0. The molecular formula is C28H27ClN4O2S. The van der Waals surface area contributed by atoms with Crippen molar-refractivity contribution in [3.05, 3.63) is 76.7 Å². The van der Waals surface area contributed by atoms with Gasteiger partial charge in [-0.25, -0.2) is 4.79 Å². The second kappa shape index (κ2) is 9.23. The summed E-state index contributed by atoms with van der Waals surface area (Å²) in [7, 11) is 0. The molecule has 2 aliphatic heterocycles. The van der Waals surface area contributed by atoms with E-state index in [4.69, 9.17) is 11.6 Å². The van der Waals surface area contributed by atoms with Crippen molar-refractivity contribution in [3.8, 4) is 11.1 Å².